The first kappa shape index (κ1) is 24.7. The second kappa shape index (κ2) is 10.9. The first-order chi connectivity index (χ1) is 17.0. The van der Waals surface area contributed by atoms with Gasteiger partial charge in [-0.1, -0.05) is 72.8 Å². The highest BCUT2D eigenvalue weighted by molar-refractivity contribution is 7.98. The summed E-state index contributed by atoms with van der Waals surface area (Å²) in [5.41, 5.74) is 8.01. The molecule has 4 unspecified atom stereocenters. The number of primary amides is 1. The molecular weight excluding hydrogens is 460 g/mol. The van der Waals surface area contributed by atoms with E-state index in [9.17, 15) is 14.4 Å². The van der Waals surface area contributed by atoms with E-state index in [4.69, 9.17) is 10.5 Å². The molecule has 1 aliphatic rings. The van der Waals surface area contributed by atoms with E-state index in [1.165, 1.54) is 12.0 Å². The van der Waals surface area contributed by atoms with Crippen LogP contribution < -0.4 is 5.73 Å². The second-order valence-electron chi connectivity index (χ2n) is 8.49. The number of nitrogens with two attached hydrogens (primary N) is 1. The molecule has 1 fully saturated rings. The summed E-state index contributed by atoms with van der Waals surface area (Å²) in [5.74, 6) is -2.53. The van der Waals surface area contributed by atoms with Crippen LogP contribution in [0.5, 0.6) is 0 Å². The number of rotatable bonds is 8. The molecule has 3 aromatic carbocycles. The lowest BCUT2D eigenvalue weighted by atomic mass is 9.76. The van der Waals surface area contributed by atoms with Gasteiger partial charge in [0, 0.05) is 23.5 Å². The van der Waals surface area contributed by atoms with Gasteiger partial charge in [0.25, 0.3) is 0 Å². The van der Waals surface area contributed by atoms with Crippen molar-refractivity contribution in [1.82, 2.24) is 4.90 Å². The minimum absolute atomic E-state index is 0.140. The van der Waals surface area contributed by atoms with E-state index in [1.54, 1.807) is 23.9 Å². The van der Waals surface area contributed by atoms with Crippen LogP contribution >= 0.6 is 11.8 Å². The van der Waals surface area contributed by atoms with Crippen molar-refractivity contribution in [3.05, 3.63) is 102 Å². The van der Waals surface area contributed by atoms with E-state index in [1.807, 2.05) is 79.1 Å². The smallest absolute Gasteiger partial charge is 0.249 e. The average Bonchev–Trinajstić information content (AvgIpc) is 3.26. The van der Waals surface area contributed by atoms with Crippen LogP contribution in [0.25, 0.3) is 0 Å². The summed E-state index contributed by atoms with van der Waals surface area (Å²) in [6.45, 7) is -0.224. The Morgan fingerprint density at radius 3 is 1.97 bits per heavy atom. The predicted molar refractivity (Wildman–Crippen MR) is 136 cm³/mol. The first-order valence-electron chi connectivity index (χ1n) is 11.4. The van der Waals surface area contributed by atoms with Crippen LogP contribution in [0.2, 0.25) is 0 Å². The lowest BCUT2D eigenvalue weighted by Gasteiger charge is -2.30. The van der Waals surface area contributed by atoms with Crippen LogP contribution in [-0.2, 0) is 14.3 Å². The zero-order chi connectivity index (χ0) is 24.9. The lowest BCUT2D eigenvalue weighted by Crippen LogP contribution is -2.47. The van der Waals surface area contributed by atoms with Crippen molar-refractivity contribution in [2.45, 2.75) is 22.9 Å². The summed E-state index contributed by atoms with van der Waals surface area (Å²) < 4.78 is 5.14. The molecule has 0 aromatic heterocycles. The molecule has 3 aromatic rings. The Labute approximate surface area is 209 Å². The summed E-state index contributed by atoms with van der Waals surface area (Å²) in [5, 5.41) is 0. The summed E-state index contributed by atoms with van der Waals surface area (Å²) in [6.07, 6.45) is 1.97. The minimum atomic E-state index is -1.01. The number of ether oxygens (including phenoxy) is 1. The topological polar surface area (TPSA) is 89.7 Å². The van der Waals surface area contributed by atoms with Gasteiger partial charge >= 0.3 is 0 Å². The molecule has 7 heteroatoms. The highest BCUT2D eigenvalue weighted by Crippen LogP contribution is 2.51. The highest BCUT2D eigenvalue weighted by Gasteiger charge is 2.56. The van der Waals surface area contributed by atoms with Gasteiger partial charge in [-0.15, -0.1) is 11.8 Å². The Bertz CT molecular complexity index is 1180. The monoisotopic (exact) mass is 488 g/mol. The zero-order valence-electron chi connectivity index (χ0n) is 19.7. The molecule has 1 aliphatic heterocycles. The molecule has 180 valence electrons. The highest BCUT2D eigenvalue weighted by atomic mass is 32.2. The molecular formula is C28H28N2O4S. The molecule has 0 saturated carbocycles. The number of thioether (sulfide) groups is 1. The number of Topliss-reactive ketones (excluding diaryl/α,β-unsaturated/α-hetero) is 1. The van der Waals surface area contributed by atoms with Crippen LogP contribution in [0.15, 0.2) is 89.8 Å². The molecule has 0 aliphatic carbocycles. The molecule has 6 nitrogen and oxygen atoms in total. The number of methoxy groups -OCH3 is 1. The molecule has 1 saturated heterocycles. The van der Waals surface area contributed by atoms with Crippen LogP contribution in [0.3, 0.4) is 0 Å². The Balaban J connectivity index is 1.94. The van der Waals surface area contributed by atoms with E-state index in [0.717, 1.165) is 16.0 Å². The van der Waals surface area contributed by atoms with Gasteiger partial charge in [-0.2, -0.15) is 0 Å². The van der Waals surface area contributed by atoms with Crippen LogP contribution in [0, 0.1) is 5.92 Å². The largest absolute Gasteiger partial charge is 0.375 e. The number of likely N-dealkylation sites (tertiary alicyclic amines) is 1. The third kappa shape index (κ3) is 4.88. The molecule has 1 heterocycles. The number of hydrogen-bond acceptors (Lipinski definition) is 5. The van der Waals surface area contributed by atoms with E-state index >= 15 is 0 Å². The van der Waals surface area contributed by atoms with Gasteiger partial charge in [-0.05, 0) is 29.5 Å². The Morgan fingerprint density at radius 2 is 1.46 bits per heavy atom. The normalized spacial score (nSPS) is 21.6. The Hall–Kier alpha value is -3.42. The standard InChI is InChI=1S/C28H28N2O4S/c1-34-17-22(31)30-25(19-11-7-4-8-12-19)24(27(32)20-13-15-21(35-2)16-14-20)23(26(30)28(29)33)18-9-5-3-6-10-18/h3-16,23-26H,17H2,1-2H3,(H2,29,33). The van der Waals surface area contributed by atoms with Gasteiger partial charge in [0.05, 0.1) is 12.0 Å². The van der Waals surface area contributed by atoms with Crippen molar-refractivity contribution in [3.8, 4) is 0 Å². The number of carbonyl (C=O) groups excluding carboxylic acids is 3. The van der Waals surface area contributed by atoms with Crippen molar-refractivity contribution < 1.29 is 19.1 Å². The molecule has 2 amide bonds. The summed E-state index contributed by atoms with van der Waals surface area (Å²) in [7, 11) is 1.43. The van der Waals surface area contributed by atoms with Gasteiger partial charge in [-0.3, -0.25) is 14.4 Å². The van der Waals surface area contributed by atoms with E-state index in [-0.39, 0.29) is 18.3 Å². The van der Waals surface area contributed by atoms with Gasteiger partial charge in [0.2, 0.25) is 11.8 Å². The SMILES string of the molecule is COCC(=O)N1C(C(N)=O)C(c2ccccc2)C(C(=O)c2ccc(SC)cc2)C1c1ccccc1. The molecule has 0 bridgehead atoms. The molecule has 0 radical (unpaired) electrons. The third-order valence-electron chi connectivity index (χ3n) is 6.52. The summed E-state index contributed by atoms with van der Waals surface area (Å²) in [6, 6.07) is 24.4. The van der Waals surface area contributed by atoms with Crippen molar-refractivity contribution in [1.29, 1.82) is 0 Å². The maximum Gasteiger partial charge on any atom is 0.249 e. The fourth-order valence-electron chi connectivity index (χ4n) is 5.07. The fraction of sp³-hybridized carbons (Fsp3) is 0.250. The van der Waals surface area contributed by atoms with Gasteiger partial charge in [0.15, 0.2) is 5.78 Å². The maximum atomic E-state index is 14.2. The van der Waals surface area contributed by atoms with E-state index in [2.05, 4.69) is 0 Å². The lowest BCUT2D eigenvalue weighted by molar-refractivity contribution is -0.143. The van der Waals surface area contributed by atoms with Crippen molar-refractivity contribution in [2.24, 2.45) is 11.7 Å². The number of carbonyl (C=O) groups is 3. The number of ketones is 1. The molecule has 0 spiro atoms. The molecule has 4 atom stereocenters. The summed E-state index contributed by atoms with van der Waals surface area (Å²) >= 11 is 1.59. The molecule has 4 rings (SSSR count). The van der Waals surface area contributed by atoms with Gasteiger partial charge in [0.1, 0.15) is 12.6 Å². The fourth-order valence-corrected chi connectivity index (χ4v) is 5.48. The number of amides is 2. The van der Waals surface area contributed by atoms with Crippen LogP contribution in [0.4, 0.5) is 0 Å². The Morgan fingerprint density at radius 1 is 0.886 bits per heavy atom. The predicted octanol–water partition coefficient (Wildman–Crippen LogP) is 4.08. The van der Waals surface area contributed by atoms with E-state index < -0.39 is 29.8 Å². The second-order valence-corrected chi connectivity index (χ2v) is 9.37. The third-order valence-corrected chi connectivity index (χ3v) is 7.26. The Kier molecular flexibility index (Phi) is 7.68. The number of nitrogens with zero attached hydrogens (tertiary/aromatic N) is 1. The average molecular weight is 489 g/mol. The summed E-state index contributed by atoms with van der Waals surface area (Å²) in [4.78, 5) is 43.0. The maximum absolute atomic E-state index is 14.2. The van der Waals surface area contributed by atoms with E-state index in [0.29, 0.717) is 5.56 Å². The van der Waals surface area contributed by atoms with Crippen molar-refractivity contribution in [3.63, 3.8) is 0 Å². The number of hydrogen-bond donors (Lipinski definition) is 1. The van der Waals surface area contributed by atoms with Gasteiger partial charge in [-0.25, -0.2) is 0 Å². The number of benzene rings is 3. The van der Waals surface area contributed by atoms with Crippen LogP contribution in [0.1, 0.15) is 33.4 Å². The molecule has 2 N–H and O–H groups in total. The van der Waals surface area contributed by atoms with Gasteiger partial charge < -0.3 is 15.4 Å². The molecule has 35 heavy (non-hydrogen) atoms. The first-order valence-corrected chi connectivity index (χ1v) is 12.6. The van der Waals surface area contributed by atoms with Crippen LogP contribution in [-0.4, -0.2) is 48.5 Å². The minimum Gasteiger partial charge on any atom is -0.375 e. The quantitative estimate of drug-likeness (QED) is 0.381. The van der Waals surface area contributed by atoms with Crippen molar-refractivity contribution in [2.75, 3.05) is 20.0 Å². The van der Waals surface area contributed by atoms with Crippen molar-refractivity contribution >= 4 is 29.4 Å². The zero-order valence-corrected chi connectivity index (χ0v) is 20.5.